The number of amides is 1. The van der Waals surface area contributed by atoms with Crippen molar-refractivity contribution in [3.05, 3.63) is 30.1 Å². The molecule has 1 aromatic heterocycles. The van der Waals surface area contributed by atoms with Crippen molar-refractivity contribution < 1.29 is 19.1 Å². The summed E-state index contributed by atoms with van der Waals surface area (Å²) in [5.41, 5.74) is 0. The van der Waals surface area contributed by atoms with Crippen LogP contribution < -0.4 is 14.8 Å². The quantitative estimate of drug-likeness (QED) is 0.833. The van der Waals surface area contributed by atoms with Crippen LogP contribution in [0.3, 0.4) is 0 Å². The lowest BCUT2D eigenvalue weighted by Crippen LogP contribution is -2.30. The fraction of sp³-hybridized carbons (Fsp3) is 0.333. The van der Waals surface area contributed by atoms with Gasteiger partial charge in [-0.3, -0.25) is 14.9 Å². The van der Waals surface area contributed by atoms with Crippen LogP contribution in [0.2, 0.25) is 0 Å². The summed E-state index contributed by atoms with van der Waals surface area (Å²) in [7, 11) is 1.53. The average molecular weight is 335 g/mol. The van der Waals surface area contributed by atoms with E-state index in [0.717, 1.165) is 11.5 Å². The van der Waals surface area contributed by atoms with E-state index in [9.17, 15) is 9.59 Å². The number of carbonyl (C=O) groups is 2. The Morgan fingerprint density at radius 2 is 2.00 bits per heavy atom. The van der Waals surface area contributed by atoms with Gasteiger partial charge in [0.25, 0.3) is 5.91 Å². The van der Waals surface area contributed by atoms with Crippen molar-refractivity contribution in [3.63, 3.8) is 0 Å². The molecule has 23 heavy (non-hydrogen) atoms. The highest BCUT2D eigenvalue weighted by atomic mass is 32.1. The highest BCUT2D eigenvalue weighted by Gasteiger charge is 2.18. The van der Waals surface area contributed by atoms with Crippen molar-refractivity contribution in [2.24, 2.45) is 0 Å². The van der Waals surface area contributed by atoms with Gasteiger partial charge in [0.05, 0.1) is 13.5 Å². The lowest BCUT2D eigenvalue weighted by Gasteiger charge is -2.15. The number of benzene rings is 1. The minimum atomic E-state index is -0.744. The van der Waals surface area contributed by atoms with Gasteiger partial charge in [-0.25, -0.2) is 4.98 Å². The monoisotopic (exact) mass is 335 g/mol. The molecule has 0 saturated carbocycles. The Kier molecular flexibility index (Phi) is 5.64. The molecule has 1 heterocycles. The summed E-state index contributed by atoms with van der Waals surface area (Å²) in [6, 6.07) is 7.08. The van der Waals surface area contributed by atoms with Gasteiger partial charge in [0.2, 0.25) is 5.13 Å². The number of rotatable bonds is 7. The number of ketones is 1. The second-order valence-electron chi connectivity index (χ2n) is 4.79. The summed E-state index contributed by atoms with van der Waals surface area (Å²) in [5.74, 6) is 1.03. The van der Waals surface area contributed by atoms with Crippen LogP contribution in [0.1, 0.15) is 19.7 Å². The van der Waals surface area contributed by atoms with Crippen LogP contribution in [0, 0.1) is 0 Å². The van der Waals surface area contributed by atoms with Crippen molar-refractivity contribution in [1.29, 1.82) is 0 Å². The van der Waals surface area contributed by atoms with E-state index < -0.39 is 6.10 Å². The molecule has 122 valence electrons. The molecule has 0 aliphatic carbocycles. The number of carbonyl (C=O) groups excluding carboxylic acids is 2. The minimum absolute atomic E-state index is 0.0337. The number of methoxy groups -OCH3 is 1. The van der Waals surface area contributed by atoms with Gasteiger partial charge >= 0.3 is 0 Å². The molecule has 2 rings (SSSR count). The Labute approximate surface area is 137 Å². The summed E-state index contributed by atoms with van der Waals surface area (Å²) >= 11 is 1.03. The molecule has 1 atom stereocenters. The highest BCUT2D eigenvalue weighted by Crippen LogP contribution is 2.27. The molecular weight excluding hydrogens is 318 g/mol. The number of para-hydroxylation sites is 2. The van der Waals surface area contributed by atoms with Gasteiger partial charge < -0.3 is 9.47 Å². The van der Waals surface area contributed by atoms with E-state index in [4.69, 9.17) is 9.47 Å². The Morgan fingerprint density at radius 1 is 1.30 bits per heavy atom. The maximum Gasteiger partial charge on any atom is 0.266 e. The molecule has 1 aromatic carbocycles. The number of nitrogens with one attached hydrogen (secondary N) is 1. The Morgan fingerprint density at radius 3 is 2.65 bits per heavy atom. The van der Waals surface area contributed by atoms with Crippen LogP contribution in [0.4, 0.5) is 5.13 Å². The maximum absolute atomic E-state index is 12.1. The molecule has 7 nitrogen and oxygen atoms in total. The van der Waals surface area contributed by atoms with E-state index in [-0.39, 0.29) is 18.1 Å². The van der Waals surface area contributed by atoms with E-state index in [1.54, 1.807) is 25.1 Å². The molecule has 1 N–H and O–H groups in total. The third-order valence-electron chi connectivity index (χ3n) is 2.85. The maximum atomic E-state index is 12.1. The second kappa shape index (κ2) is 7.68. The van der Waals surface area contributed by atoms with Gasteiger partial charge in [-0.05, 0) is 26.0 Å². The van der Waals surface area contributed by atoms with Crippen molar-refractivity contribution in [2.75, 3.05) is 12.4 Å². The molecule has 0 radical (unpaired) electrons. The summed E-state index contributed by atoms with van der Waals surface area (Å²) < 4.78 is 14.8. The topological polar surface area (TPSA) is 90.4 Å². The minimum Gasteiger partial charge on any atom is -0.493 e. The molecule has 0 aliphatic heterocycles. The SMILES string of the molecule is COc1ccccc1OC(C)C(=O)Nc1nc(CC(C)=O)ns1. The predicted octanol–water partition coefficient (Wildman–Crippen LogP) is 2.08. The lowest BCUT2D eigenvalue weighted by molar-refractivity contribution is -0.122. The first-order valence-electron chi connectivity index (χ1n) is 6.92. The summed E-state index contributed by atoms with van der Waals surface area (Å²) in [6.07, 6.45) is -0.592. The van der Waals surface area contributed by atoms with Crippen LogP contribution in [0.5, 0.6) is 11.5 Å². The molecule has 1 unspecified atom stereocenters. The Balaban J connectivity index is 1.97. The van der Waals surface area contributed by atoms with Crippen LogP contribution in [-0.4, -0.2) is 34.3 Å². The summed E-state index contributed by atoms with van der Waals surface area (Å²) in [6.45, 7) is 3.09. The lowest BCUT2D eigenvalue weighted by atomic mass is 10.3. The van der Waals surface area contributed by atoms with Crippen LogP contribution >= 0.6 is 11.5 Å². The highest BCUT2D eigenvalue weighted by molar-refractivity contribution is 7.09. The first-order chi connectivity index (χ1) is 11.0. The largest absolute Gasteiger partial charge is 0.493 e. The van der Waals surface area contributed by atoms with E-state index in [0.29, 0.717) is 22.5 Å². The number of ether oxygens (including phenoxy) is 2. The van der Waals surface area contributed by atoms with Crippen LogP contribution in [0.25, 0.3) is 0 Å². The third-order valence-corrected chi connectivity index (χ3v) is 3.52. The molecule has 0 bridgehead atoms. The molecule has 1 amide bonds. The fourth-order valence-corrected chi connectivity index (χ4v) is 2.36. The molecule has 8 heteroatoms. The fourth-order valence-electron chi connectivity index (χ4n) is 1.77. The number of nitrogens with zero attached hydrogens (tertiary/aromatic N) is 2. The van der Waals surface area contributed by atoms with E-state index in [2.05, 4.69) is 14.7 Å². The third kappa shape index (κ3) is 4.75. The van der Waals surface area contributed by atoms with E-state index >= 15 is 0 Å². The zero-order valence-electron chi connectivity index (χ0n) is 13.0. The van der Waals surface area contributed by atoms with E-state index in [1.165, 1.54) is 14.0 Å². The normalized spacial score (nSPS) is 11.6. The molecule has 0 spiro atoms. The number of hydrogen-bond donors (Lipinski definition) is 1. The molecule has 0 aliphatic rings. The summed E-state index contributed by atoms with van der Waals surface area (Å²) in [5, 5.41) is 2.96. The predicted molar refractivity (Wildman–Crippen MR) is 86.0 cm³/mol. The van der Waals surface area contributed by atoms with Crippen molar-refractivity contribution in [3.8, 4) is 11.5 Å². The van der Waals surface area contributed by atoms with E-state index in [1.807, 2.05) is 6.07 Å². The van der Waals surface area contributed by atoms with Gasteiger partial charge in [0.1, 0.15) is 5.78 Å². The molecule has 2 aromatic rings. The Hall–Kier alpha value is -2.48. The van der Waals surface area contributed by atoms with Gasteiger partial charge in [-0.1, -0.05) is 12.1 Å². The van der Waals surface area contributed by atoms with Gasteiger partial charge in [0.15, 0.2) is 23.4 Å². The van der Waals surface area contributed by atoms with Crippen molar-refractivity contribution in [2.45, 2.75) is 26.4 Å². The molecular formula is C15H17N3O4S. The van der Waals surface area contributed by atoms with Crippen molar-refractivity contribution >= 4 is 28.4 Å². The number of Topliss-reactive ketones (excluding diaryl/α,β-unsaturated/α-hetero) is 1. The van der Waals surface area contributed by atoms with Crippen LogP contribution in [0.15, 0.2) is 24.3 Å². The summed E-state index contributed by atoms with van der Waals surface area (Å²) in [4.78, 5) is 27.3. The van der Waals surface area contributed by atoms with Gasteiger partial charge in [0, 0.05) is 11.5 Å². The van der Waals surface area contributed by atoms with Crippen LogP contribution in [-0.2, 0) is 16.0 Å². The zero-order valence-corrected chi connectivity index (χ0v) is 13.8. The van der Waals surface area contributed by atoms with Crippen molar-refractivity contribution in [1.82, 2.24) is 9.36 Å². The average Bonchev–Trinajstić information content (AvgIpc) is 2.93. The molecule has 0 fully saturated rings. The number of aromatic nitrogens is 2. The number of anilines is 1. The van der Waals surface area contributed by atoms with Gasteiger partial charge in [-0.15, -0.1) is 0 Å². The first-order valence-corrected chi connectivity index (χ1v) is 7.69. The Bertz CT molecular complexity index is 702. The van der Waals surface area contributed by atoms with Gasteiger partial charge in [-0.2, -0.15) is 4.37 Å². The molecule has 0 saturated heterocycles. The zero-order chi connectivity index (χ0) is 16.8. The number of hydrogen-bond acceptors (Lipinski definition) is 7. The first kappa shape index (κ1) is 16.9. The standard InChI is InChI=1S/C15H17N3O4S/c1-9(19)8-13-16-15(23-18-13)17-14(20)10(2)22-12-7-5-4-6-11(12)21-3/h4-7,10H,8H2,1-3H3,(H,16,17,18,20). The smallest absolute Gasteiger partial charge is 0.266 e. The second-order valence-corrected chi connectivity index (χ2v) is 5.55.